The van der Waals surface area contributed by atoms with Crippen LogP contribution in [0.5, 0.6) is 11.5 Å². The van der Waals surface area contributed by atoms with Crippen LogP contribution in [0.25, 0.3) is 0 Å². The lowest BCUT2D eigenvalue weighted by molar-refractivity contribution is -0.128. The van der Waals surface area contributed by atoms with E-state index in [0.29, 0.717) is 37.0 Å². The molecule has 0 aliphatic carbocycles. The average Bonchev–Trinajstić information content (AvgIpc) is 2.66. The van der Waals surface area contributed by atoms with E-state index in [1.54, 1.807) is 17.0 Å². The number of ether oxygens (including phenoxy) is 2. The topological polar surface area (TPSA) is 77.7 Å². The molecule has 0 radical (unpaired) electrons. The fourth-order valence-corrected chi connectivity index (χ4v) is 3.05. The highest BCUT2D eigenvalue weighted by Gasteiger charge is 2.37. The Bertz CT molecular complexity index is 790. The van der Waals surface area contributed by atoms with E-state index in [0.717, 1.165) is 12.2 Å². The number of anilines is 2. The molecule has 1 aromatic carbocycles. The molecule has 6 nitrogen and oxygen atoms in total. The molecule has 6 heteroatoms. The van der Waals surface area contributed by atoms with Gasteiger partial charge in [-0.25, -0.2) is 4.98 Å². The predicted molar refractivity (Wildman–Crippen MR) is 106 cm³/mol. The molecule has 27 heavy (non-hydrogen) atoms. The highest BCUT2D eigenvalue weighted by Crippen LogP contribution is 2.34. The van der Waals surface area contributed by atoms with Gasteiger partial charge in [0.15, 0.2) is 17.7 Å². The van der Waals surface area contributed by atoms with Crippen LogP contribution >= 0.6 is 0 Å². The summed E-state index contributed by atoms with van der Waals surface area (Å²) in [6, 6.07) is 11.6. The fourth-order valence-electron chi connectivity index (χ4n) is 3.05. The van der Waals surface area contributed by atoms with Crippen molar-refractivity contribution < 1.29 is 14.3 Å². The van der Waals surface area contributed by atoms with E-state index in [1.807, 2.05) is 26.0 Å². The zero-order chi connectivity index (χ0) is 19.4. The van der Waals surface area contributed by atoms with Crippen molar-refractivity contribution in [3.05, 3.63) is 42.0 Å². The highest BCUT2D eigenvalue weighted by atomic mass is 16.5. The maximum absolute atomic E-state index is 12.9. The number of pyridine rings is 1. The number of carbonyl (C=O) groups is 1. The molecule has 2 heterocycles. The van der Waals surface area contributed by atoms with Crippen molar-refractivity contribution in [1.29, 1.82) is 0 Å². The zero-order valence-electron chi connectivity index (χ0n) is 16.1. The molecule has 3 rings (SSSR count). The minimum Gasteiger partial charge on any atom is -0.494 e. The molecule has 0 fully saturated rings. The van der Waals surface area contributed by atoms with E-state index >= 15 is 0 Å². The number of benzene rings is 1. The van der Waals surface area contributed by atoms with Crippen molar-refractivity contribution in [3.63, 3.8) is 0 Å². The number of nitrogen functional groups attached to an aromatic ring is 1. The summed E-state index contributed by atoms with van der Waals surface area (Å²) in [6.07, 6.45) is 1.18. The standard InChI is InChI=1S/C21H27N3O3/c1-4-15-6-8-16(9-7-15)26-13-5-12-24-20-17(10-11-18(22)23-20)27-19(14(2)3)21(24)25/h6-11,14,19H,4-5,12-13H2,1-3H3,(H2,22,23). The van der Waals surface area contributed by atoms with Crippen LogP contribution in [-0.2, 0) is 11.2 Å². The number of aromatic nitrogens is 1. The minimum atomic E-state index is -0.509. The summed E-state index contributed by atoms with van der Waals surface area (Å²) in [5.74, 6) is 2.28. The van der Waals surface area contributed by atoms with Crippen molar-refractivity contribution in [1.82, 2.24) is 4.98 Å². The van der Waals surface area contributed by atoms with Gasteiger partial charge in [-0.1, -0.05) is 32.9 Å². The summed E-state index contributed by atoms with van der Waals surface area (Å²) in [5, 5.41) is 0. The smallest absolute Gasteiger partial charge is 0.269 e. The van der Waals surface area contributed by atoms with Crippen molar-refractivity contribution in [2.75, 3.05) is 23.8 Å². The van der Waals surface area contributed by atoms with Crippen molar-refractivity contribution in [2.45, 2.75) is 39.7 Å². The Hall–Kier alpha value is -2.76. The van der Waals surface area contributed by atoms with Crippen LogP contribution in [0.4, 0.5) is 11.6 Å². The molecule has 0 saturated heterocycles. The van der Waals surface area contributed by atoms with Gasteiger partial charge in [-0.05, 0) is 48.6 Å². The van der Waals surface area contributed by atoms with E-state index in [-0.39, 0.29) is 11.8 Å². The molecule has 0 bridgehead atoms. The molecule has 1 amide bonds. The lowest BCUT2D eigenvalue weighted by atomic mass is 10.0. The lowest BCUT2D eigenvalue weighted by Gasteiger charge is -2.35. The third-order valence-electron chi connectivity index (χ3n) is 4.61. The van der Waals surface area contributed by atoms with Crippen LogP contribution in [0.3, 0.4) is 0 Å². The van der Waals surface area contributed by atoms with Crippen LogP contribution in [0.2, 0.25) is 0 Å². The number of hydrogen-bond donors (Lipinski definition) is 1. The molecule has 2 aromatic rings. The number of fused-ring (bicyclic) bond motifs is 1. The quantitative estimate of drug-likeness (QED) is 0.757. The van der Waals surface area contributed by atoms with Gasteiger partial charge in [-0.2, -0.15) is 0 Å². The van der Waals surface area contributed by atoms with Gasteiger partial charge in [0.25, 0.3) is 5.91 Å². The van der Waals surface area contributed by atoms with Gasteiger partial charge in [0.1, 0.15) is 11.6 Å². The molecule has 0 spiro atoms. The summed E-state index contributed by atoms with van der Waals surface area (Å²) in [5.41, 5.74) is 7.09. The first-order valence-electron chi connectivity index (χ1n) is 9.46. The molecular weight excluding hydrogens is 342 g/mol. The van der Waals surface area contributed by atoms with Crippen LogP contribution in [0, 0.1) is 5.92 Å². The second-order valence-electron chi connectivity index (χ2n) is 7.03. The zero-order valence-corrected chi connectivity index (χ0v) is 16.1. The molecule has 1 unspecified atom stereocenters. The average molecular weight is 369 g/mol. The first kappa shape index (κ1) is 19.0. The van der Waals surface area contributed by atoms with Gasteiger partial charge in [-0.15, -0.1) is 0 Å². The lowest BCUT2D eigenvalue weighted by Crippen LogP contribution is -2.49. The van der Waals surface area contributed by atoms with E-state index in [1.165, 1.54) is 5.56 Å². The van der Waals surface area contributed by atoms with E-state index in [4.69, 9.17) is 15.2 Å². The molecule has 2 N–H and O–H groups in total. The van der Waals surface area contributed by atoms with Gasteiger partial charge in [0, 0.05) is 6.54 Å². The summed E-state index contributed by atoms with van der Waals surface area (Å²) >= 11 is 0. The monoisotopic (exact) mass is 369 g/mol. The summed E-state index contributed by atoms with van der Waals surface area (Å²) in [7, 11) is 0. The maximum atomic E-state index is 12.9. The Morgan fingerprint density at radius 3 is 2.63 bits per heavy atom. The summed E-state index contributed by atoms with van der Waals surface area (Å²) in [6.45, 7) is 7.08. The van der Waals surface area contributed by atoms with Gasteiger partial charge in [0.2, 0.25) is 0 Å². The van der Waals surface area contributed by atoms with Crippen molar-refractivity contribution >= 4 is 17.5 Å². The predicted octanol–water partition coefficient (Wildman–Crippen LogP) is 3.45. The van der Waals surface area contributed by atoms with Gasteiger partial charge in [0.05, 0.1) is 6.61 Å². The van der Waals surface area contributed by atoms with Crippen molar-refractivity contribution in [2.24, 2.45) is 5.92 Å². The maximum Gasteiger partial charge on any atom is 0.269 e. The Balaban J connectivity index is 1.65. The Morgan fingerprint density at radius 1 is 1.22 bits per heavy atom. The molecule has 1 aromatic heterocycles. The number of rotatable bonds is 7. The molecular formula is C21H27N3O3. The van der Waals surface area contributed by atoms with Gasteiger partial charge < -0.3 is 15.2 Å². The SMILES string of the molecule is CCc1ccc(OCCCN2C(=O)C(C(C)C)Oc3ccc(N)nc32)cc1. The molecule has 1 aliphatic heterocycles. The van der Waals surface area contributed by atoms with Crippen LogP contribution in [0.1, 0.15) is 32.8 Å². The number of nitrogens with zero attached hydrogens (tertiary/aromatic N) is 2. The number of hydrogen-bond acceptors (Lipinski definition) is 5. The Morgan fingerprint density at radius 2 is 1.96 bits per heavy atom. The number of nitrogens with two attached hydrogens (primary N) is 1. The van der Waals surface area contributed by atoms with E-state index < -0.39 is 6.10 Å². The first-order chi connectivity index (χ1) is 13.0. The largest absolute Gasteiger partial charge is 0.494 e. The highest BCUT2D eigenvalue weighted by molar-refractivity contribution is 5.99. The molecule has 1 aliphatic rings. The Labute approximate surface area is 160 Å². The second-order valence-corrected chi connectivity index (χ2v) is 7.03. The molecule has 144 valence electrons. The van der Waals surface area contributed by atoms with Crippen molar-refractivity contribution in [3.8, 4) is 11.5 Å². The van der Waals surface area contributed by atoms with Gasteiger partial charge >= 0.3 is 0 Å². The molecule has 1 atom stereocenters. The first-order valence-corrected chi connectivity index (χ1v) is 9.46. The van der Waals surface area contributed by atoms with E-state index in [2.05, 4.69) is 24.0 Å². The normalized spacial score (nSPS) is 16.2. The Kier molecular flexibility index (Phi) is 5.84. The summed E-state index contributed by atoms with van der Waals surface area (Å²) in [4.78, 5) is 18.8. The number of amides is 1. The number of carbonyl (C=O) groups excluding carboxylic acids is 1. The van der Waals surface area contributed by atoms with Crippen LogP contribution in [-0.4, -0.2) is 30.1 Å². The molecule has 0 saturated carbocycles. The van der Waals surface area contributed by atoms with Crippen LogP contribution in [0.15, 0.2) is 36.4 Å². The third-order valence-corrected chi connectivity index (χ3v) is 4.61. The number of aryl methyl sites for hydroxylation is 1. The second kappa shape index (κ2) is 8.29. The van der Waals surface area contributed by atoms with E-state index in [9.17, 15) is 4.79 Å². The third kappa shape index (κ3) is 4.32. The minimum absolute atomic E-state index is 0.0685. The summed E-state index contributed by atoms with van der Waals surface area (Å²) < 4.78 is 11.7. The van der Waals surface area contributed by atoms with Crippen LogP contribution < -0.4 is 20.1 Å². The van der Waals surface area contributed by atoms with Gasteiger partial charge in [-0.3, -0.25) is 9.69 Å². The fraction of sp³-hybridized carbons (Fsp3) is 0.429.